The van der Waals surface area contributed by atoms with Gasteiger partial charge in [0, 0.05) is 24.6 Å². The number of aromatic hydroxyl groups is 1. The lowest BCUT2D eigenvalue weighted by Gasteiger charge is -2.44. The number of phenols is 1. The minimum Gasteiger partial charge on any atom is -0.619 e. The van der Waals surface area contributed by atoms with Gasteiger partial charge in [0.05, 0.1) is 32.0 Å². The molecule has 7 rings (SSSR count). The molecule has 1 aromatic heterocycles. The first-order chi connectivity index (χ1) is 24.5. The summed E-state index contributed by atoms with van der Waals surface area (Å²) in [6.45, 7) is 4.76. The lowest BCUT2D eigenvalue weighted by atomic mass is 9.86. The number of pyridine rings is 1. The highest BCUT2D eigenvalue weighted by molar-refractivity contribution is 6.35. The zero-order valence-corrected chi connectivity index (χ0v) is 30.0. The molecule has 0 unspecified atom stereocenters. The Bertz CT molecular complexity index is 1880. The Morgan fingerprint density at radius 2 is 1.67 bits per heavy atom. The number of benzene rings is 3. The van der Waals surface area contributed by atoms with Crippen LogP contribution in [0.4, 0.5) is 10.5 Å². The number of phenolic OH excluding ortho intramolecular Hbond substituents is 1. The van der Waals surface area contributed by atoms with Crippen LogP contribution >= 0.6 is 23.2 Å². The Morgan fingerprint density at radius 3 is 2.29 bits per heavy atom. The predicted molar refractivity (Wildman–Crippen MR) is 192 cm³/mol. The summed E-state index contributed by atoms with van der Waals surface area (Å²) in [5.74, 6) is 0.667. The lowest BCUT2D eigenvalue weighted by molar-refractivity contribution is -0.605. The van der Waals surface area contributed by atoms with Crippen LogP contribution in [0.2, 0.25) is 10.0 Å². The standard InChI is InChI=1S/C38H39Cl2N3O8/c1-23-4-10-28(44)17-32(23)43(38(46)51-36-22-41-14-12-25(36)13-15-41)19-24-5-7-26(8-6-24)37(45)50-34(18-29-30(39)20-42(47)21-31(29)40)27-9-11-33(48-2)35(16-27)49-3/h4-11,16-17,20-21,25,34,36,44H,12-15,18-19,22H2,1-3H3/t34-,36-/m0/s1. The first-order valence-electron chi connectivity index (χ1n) is 16.6. The van der Waals surface area contributed by atoms with E-state index in [0.29, 0.717) is 45.5 Å². The van der Waals surface area contributed by atoms with Gasteiger partial charge in [-0.25, -0.2) is 9.59 Å². The summed E-state index contributed by atoms with van der Waals surface area (Å²) < 4.78 is 23.5. The average Bonchev–Trinajstić information content (AvgIpc) is 3.13. The summed E-state index contributed by atoms with van der Waals surface area (Å²) in [6.07, 6.45) is 2.87. The minimum atomic E-state index is -0.875. The Kier molecular flexibility index (Phi) is 11.1. The number of halogens is 2. The van der Waals surface area contributed by atoms with Crippen LogP contribution in [0.3, 0.4) is 0 Å². The highest BCUT2D eigenvalue weighted by Gasteiger charge is 2.37. The summed E-state index contributed by atoms with van der Waals surface area (Å²) >= 11 is 12.8. The summed E-state index contributed by atoms with van der Waals surface area (Å²) in [5, 5.41) is 22.4. The molecule has 0 spiro atoms. The molecule has 51 heavy (non-hydrogen) atoms. The number of rotatable bonds is 11. The Morgan fingerprint density at radius 1 is 0.980 bits per heavy atom. The van der Waals surface area contributed by atoms with Gasteiger partial charge in [-0.05, 0) is 85.8 Å². The number of amides is 1. The molecular formula is C38H39Cl2N3O8. The van der Waals surface area contributed by atoms with Crippen LogP contribution in [-0.2, 0) is 22.4 Å². The number of anilines is 1. The maximum atomic E-state index is 13.8. The van der Waals surface area contributed by atoms with Crippen LogP contribution in [0.1, 0.15) is 51.6 Å². The number of carbonyl (C=O) groups excluding carboxylic acids is 2. The molecule has 3 aromatic carbocycles. The van der Waals surface area contributed by atoms with Crippen molar-refractivity contribution in [1.29, 1.82) is 0 Å². The number of nitrogens with zero attached hydrogens (tertiary/aromatic N) is 3. The molecule has 2 bridgehead atoms. The fourth-order valence-electron chi connectivity index (χ4n) is 6.69. The third-order valence-corrected chi connectivity index (χ3v) is 10.2. The molecule has 11 nitrogen and oxygen atoms in total. The van der Waals surface area contributed by atoms with E-state index in [-0.39, 0.29) is 40.4 Å². The van der Waals surface area contributed by atoms with E-state index in [4.69, 9.17) is 42.1 Å². The van der Waals surface area contributed by atoms with Crippen molar-refractivity contribution in [3.8, 4) is 17.2 Å². The summed E-state index contributed by atoms with van der Waals surface area (Å²) in [5.41, 5.74) is 3.34. The van der Waals surface area contributed by atoms with Gasteiger partial charge in [-0.2, -0.15) is 4.73 Å². The molecule has 3 fully saturated rings. The number of carbonyl (C=O) groups is 2. The van der Waals surface area contributed by atoms with Crippen molar-refractivity contribution in [2.45, 2.75) is 44.9 Å². The molecule has 2 atom stereocenters. The van der Waals surface area contributed by atoms with Crippen molar-refractivity contribution in [1.82, 2.24) is 4.90 Å². The maximum absolute atomic E-state index is 13.8. The first kappa shape index (κ1) is 36.1. The molecule has 13 heteroatoms. The van der Waals surface area contributed by atoms with Crippen LogP contribution in [0.5, 0.6) is 17.2 Å². The Hall–Kier alpha value is -4.71. The predicted octanol–water partition coefficient (Wildman–Crippen LogP) is 7.04. The molecular weight excluding hydrogens is 697 g/mol. The van der Waals surface area contributed by atoms with Gasteiger partial charge in [0.15, 0.2) is 23.9 Å². The van der Waals surface area contributed by atoms with Crippen LogP contribution in [0.25, 0.3) is 0 Å². The third-order valence-electron chi connectivity index (χ3n) is 9.56. The first-order valence-corrected chi connectivity index (χ1v) is 17.4. The van der Waals surface area contributed by atoms with Gasteiger partial charge >= 0.3 is 12.1 Å². The van der Waals surface area contributed by atoms with Crippen molar-refractivity contribution >= 4 is 41.0 Å². The molecule has 1 amide bonds. The minimum absolute atomic E-state index is 0.0312. The number of piperidine rings is 3. The van der Waals surface area contributed by atoms with Crippen molar-refractivity contribution in [2.75, 3.05) is 38.8 Å². The number of ether oxygens (including phenoxy) is 4. The van der Waals surface area contributed by atoms with E-state index in [9.17, 15) is 19.9 Å². The van der Waals surface area contributed by atoms with E-state index in [1.165, 1.54) is 31.5 Å². The topological polar surface area (TPSA) is 125 Å². The van der Waals surface area contributed by atoms with E-state index in [1.54, 1.807) is 60.7 Å². The molecule has 3 aliphatic rings. The van der Waals surface area contributed by atoms with Crippen molar-refractivity contribution in [2.24, 2.45) is 5.92 Å². The van der Waals surface area contributed by atoms with E-state index >= 15 is 0 Å². The number of methoxy groups -OCH3 is 2. The van der Waals surface area contributed by atoms with Crippen molar-refractivity contribution < 1.29 is 38.4 Å². The molecule has 268 valence electrons. The van der Waals surface area contributed by atoms with Gasteiger partial charge < -0.3 is 29.3 Å². The van der Waals surface area contributed by atoms with Crippen LogP contribution in [0, 0.1) is 18.0 Å². The summed E-state index contributed by atoms with van der Waals surface area (Å²) in [6, 6.07) is 16.8. The molecule has 3 aliphatic heterocycles. The molecule has 0 radical (unpaired) electrons. The summed E-state index contributed by atoms with van der Waals surface area (Å²) in [4.78, 5) is 31.2. The van der Waals surface area contributed by atoms with Gasteiger partial charge in [0.2, 0.25) is 0 Å². The van der Waals surface area contributed by atoms with Crippen molar-refractivity contribution in [3.63, 3.8) is 0 Å². The quantitative estimate of drug-likeness (QED) is 0.0982. The average molecular weight is 737 g/mol. The largest absolute Gasteiger partial charge is 0.619 e. The second-order valence-electron chi connectivity index (χ2n) is 12.8. The van der Waals surface area contributed by atoms with Crippen LogP contribution < -0.4 is 19.1 Å². The van der Waals surface area contributed by atoms with Gasteiger partial charge in [-0.15, -0.1) is 0 Å². The van der Waals surface area contributed by atoms with E-state index in [2.05, 4.69) is 4.90 Å². The molecule has 0 aliphatic carbocycles. The zero-order valence-electron chi connectivity index (χ0n) is 28.5. The second kappa shape index (κ2) is 15.7. The van der Waals surface area contributed by atoms with E-state index in [1.807, 2.05) is 6.92 Å². The number of aromatic nitrogens is 1. The summed E-state index contributed by atoms with van der Waals surface area (Å²) in [7, 11) is 3.02. The molecule has 4 heterocycles. The number of aryl methyl sites for hydroxylation is 1. The molecule has 4 aromatic rings. The number of hydrogen-bond acceptors (Lipinski definition) is 9. The second-order valence-corrected chi connectivity index (χ2v) is 13.6. The van der Waals surface area contributed by atoms with Crippen molar-refractivity contribution in [3.05, 3.63) is 116 Å². The fourth-order valence-corrected chi connectivity index (χ4v) is 7.29. The molecule has 0 saturated carbocycles. The van der Waals surface area contributed by atoms with E-state index in [0.717, 1.165) is 37.1 Å². The normalized spacial score (nSPS) is 18.5. The fraction of sp³-hybridized carbons (Fsp3) is 0.342. The van der Waals surface area contributed by atoms with Gasteiger partial charge in [0.25, 0.3) is 0 Å². The SMILES string of the molecule is COc1ccc([C@H](Cc2c(Cl)c[n+]([O-])cc2Cl)OC(=O)c2ccc(CN(C(=O)O[C@H]3CN4CCC3CC4)c3cc(O)ccc3C)cc2)cc1OC. The van der Waals surface area contributed by atoms with E-state index < -0.39 is 18.2 Å². The number of fused-ring (bicyclic) bond motifs is 3. The lowest BCUT2D eigenvalue weighted by Crippen LogP contribution is -2.53. The number of hydrogen-bond donors (Lipinski definition) is 1. The maximum Gasteiger partial charge on any atom is 0.414 e. The highest BCUT2D eigenvalue weighted by atomic mass is 35.5. The smallest absolute Gasteiger partial charge is 0.414 e. The van der Waals surface area contributed by atoms with Gasteiger partial charge in [-0.3, -0.25) is 9.80 Å². The Labute approximate surface area is 306 Å². The molecule has 1 N–H and O–H groups in total. The van der Waals surface area contributed by atoms with Crippen LogP contribution in [-0.4, -0.2) is 62.0 Å². The highest BCUT2D eigenvalue weighted by Crippen LogP contribution is 2.36. The Balaban J connectivity index is 1.23. The van der Waals surface area contributed by atoms with Crippen LogP contribution in [0.15, 0.2) is 73.1 Å². The van der Waals surface area contributed by atoms with Gasteiger partial charge in [-0.1, -0.05) is 47.5 Å². The number of esters is 1. The molecule has 3 saturated heterocycles. The van der Waals surface area contributed by atoms with Gasteiger partial charge in [0.1, 0.15) is 28.0 Å². The third kappa shape index (κ3) is 8.27. The monoisotopic (exact) mass is 735 g/mol. The zero-order chi connectivity index (χ0) is 36.2.